The van der Waals surface area contributed by atoms with Gasteiger partial charge in [0.2, 0.25) is 0 Å². The van der Waals surface area contributed by atoms with Crippen LogP contribution >= 0.6 is 0 Å². The Morgan fingerprint density at radius 3 is 2.29 bits per heavy atom. The number of anilines is 1. The summed E-state index contributed by atoms with van der Waals surface area (Å²) in [4.78, 5) is 29.1. The van der Waals surface area contributed by atoms with Crippen LogP contribution in [0.2, 0.25) is 0 Å². The molecule has 3 aromatic carbocycles. The molecule has 42 heavy (non-hydrogen) atoms. The molecule has 4 aromatic rings. The van der Waals surface area contributed by atoms with Crippen LogP contribution in [0.25, 0.3) is 11.4 Å². The molecular formula is C35H39N5O2. The molecule has 6 rings (SSSR count). The van der Waals surface area contributed by atoms with Gasteiger partial charge < -0.3 is 14.5 Å². The van der Waals surface area contributed by atoms with E-state index in [1.54, 1.807) is 12.4 Å². The topological polar surface area (TPSA) is 61.8 Å². The number of nitrogens with zero attached hydrogens (tertiary/aromatic N) is 5. The molecule has 0 aliphatic carbocycles. The van der Waals surface area contributed by atoms with Gasteiger partial charge in [-0.25, -0.2) is 9.97 Å². The first-order chi connectivity index (χ1) is 20.7. The van der Waals surface area contributed by atoms with Crippen molar-refractivity contribution in [3.8, 4) is 17.1 Å². The second-order valence-electron chi connectivity index (χ2n) is 11.2. The number of carbonyl (C=O) groups is 1. The van der Waals surface area contributed by atoms with Crippen LogP contribution < -0.4 is 9.64 Å². The Morgan fingerprint density at radius 2 is 1.52 bits per heavy atom. The van der Waals surface area contributed by atoms with Crippen molar-refractivity contribution in [1.82, 2.24) is 19.8 Å². The summed E-state index contributed by atoms with van der Waals surface area (Å²) in [5, 5.41) is 0. The highest BCUT2D eigenvalue weighted by Gasteiger charge is 2.23. The van der Waals surface area contributed by atoms with Gasteiger partial charge in [0.1, 0.15) is 5.75 Å². The third-order valence-corrected chi connectivity index (χ3v) is 8.47. The monoisotopic (exact) mass is 561 g/mol. The van der Waals surface area contributed by atoms with Gasteiger partial charge in [0.05, 0.1) is 0 Å². The molecular weight excluding hydrogens is 522 g/mol. The SMILES string of the molecule is O=C(COc1ccc(-c2ncccn2)cc1CN1CCN(c2ccccc2)CC1)N1CCC[C@@H](c2ccccc2)CC1. The molecule has 0 radical (unpaired) electrons. The lowest BCUT2D eigenvalue weighted by Crippen LogP contribution is -2.46. The molecule has 7 heteroatoms. The zero-order valence-corrected chi connectivity index (χ0v) is 24.1. The van der Waals surface area contributed by atoms with E-state index in [0.29, 0.717) is 11.7 Å². The number of para-hydroxylation sites is 1. The fraction of sp³-hybridized carbons (Fsp3) is 0.343. The van der Waals surface area contributed by atoms with Gasteiger partial charge >= 0.3 is 0 Å². The first-order valence-corrected chi connectivity index (χ1v) is 15.1. The number of likely N-dealkylation sites (tertiary alicyclic amines) is 1. The lowest BCUT2D eigenvalue weighted by molar-refractivity contribution is -0.133. The molecule has 3 heterocycles. The van der Waals surface area contributed by atoms with Crippen molar-refractivity contribution in [2.45, 2.75) is 31.7 Å². The number of amides is 1. The van der Waals surface area contributed by atoms with Gasteiger partial charge in [0.15, 0.2) is 12.4 Å². The Kier molecular flexibility index (Phi) is 9.05. The maximum Gasteiger partial charge on any atom is 0.260 e. The predicted molar refractivity (Wildman–Crippen MR) is 167 cm³/mol. The number of aromatic nitrogens is 2. The van der Waals surface area contributed by atoms with Gasteiger partial charge in [-0.1, -0.05) is 48.5 Å². The Labute approximate surface area is 248 Å². The number of carbonyl (C=O) groups excluding carboxylic acids is 1. The highest BCUT2D eigenvalue weighted by atomic mass is 16.5. The number of benzene rings is 3. The second-order valence-corrected chi connectivity index (χ2v) is 11.2. The van der Waals surface area contributed by atoms with E-state index < -0.39 is 0 Å². The molecule has 216 valence electrons. The largest absolute Gasteiger partial charge is 0.483 e. The number of piperazine rings is 1. The number of rotatable bonds is 8. The molecule has 0 saturated carbocycles. The second kappa shape index (κ2) is 13.6. The van der Waals surface area contributed by atoms with Crippen molar-refractivity contribution >= 4 is 11.6 Å². The summed E-state index contributed by atoms with van der Waals surface area (Å²) in [6, 6.07) is 29.2. The van der Waals surface area contributed by atoms with Crippen molar-refractivity contribution in [2.24, 2.45) is 0 Å². The molecule has 0 bridgehead atoms. The Balaban J connectivity index is 1.11. The van der Waals surface area contributed by atoms with E-state index in [4.69, 9.17) is 4.74 Å². The van der Waals surface area contributed by atoms with Crippen molar-refractivity contribution < 1.29 is 9.53 Å². The van der Waals surface area contributed by atoms with E-state index in [9.17, 15) is 4.79 Å². The summed E-state index contributed by atoms with van der Waals surface area (Å²) in [5.74, 6) is 2.01. The normalized spacial score (nSPS) is 18.0. The fourth-order valence-corrected chi connectivity index (χ4v) is 6.11. The average Bonchev–Trinajstić information content (AvgIpc) is 3.32. The zero-order valence-electron chi connectivity index (χ0n) is 24.1. The van der Waals surface area contributed by atoms with Gasteiger partial charge in [0, 0.05) is 75.0 Å². The van der Waals surface area contributed by atoms with Gasteiger partial charge in [-0.15, -0.1) is 0 Å². The molecule has 2 fully saturated rings. The Morgan fingerprint density at radius 1 is 0.786 bits per heavy atom. The smallest absolute Gasteiger partial charge is 0.260 e. The van der Waals surface area contributed by atoms with Crippen LogP contribution in [0, 0.1) is 0 Å². The van der Waals surface area contributed by atoms with Crippen LogP contribution in [-0.2, 0) is 11.3 Å². The number of hydrogen-bond donors (Lipinski definition) is 0. The van der Waals surface area contributed by atoms with Crippen LogP contribution in [0.15, 0.2) is 97.3 Å². The van der Waals surface area contributed by atoms with Crippen LogP contribution in [0.4, 0.5) is 5.69 Å². The number of ether oxygens (including phenoxy) is 1. The van der Waals surface area contributed by atoms with E-state index in [1.807, 2.05) is 23.1 Å². The van der Waals surface area contributed by atoms with Crippen LogP contribution in [0.3, 0.4) is 0 Å². The van der Waals surface area contributed by atoms with E-state index in [0.717, 1.165) is 82.0 Å². The van der Waals surface area contributed by atoms with E-state index in [2.05, 4.69) is 86.5 Å². The first kappa shape index (κ1) is 27.9. The third-order valence-electron chi connectivity index (χ3n) is 8.47. The van der Waals surface area contributed by atoms with Crippen LogP contribution in [0.5, 0.6) is 5.75 Å². The maximum atomic E-state index is 13.3. The Hall–Kier alpha value is -4.23. The summed E-state index contributed by atoms with van der Waals surface area (Å²) >= 11 is 0. The van der Waals surface area contributed by atoms with Gasteiger partial charge in [0.25, 0.3) is 5.91 Å². The number of hydrogen-bond acceptors (Lipinski definition) is 6. The van der Waals surface area contributed by atoms with E-state index in [1.165, 1.54) is 11.3 Å². The summed E-state index contributed by atoms with van der Waals surface area (Å²) in [5.41, 5.74) is 4.65. The van der Waals surface area contributed by atoms with Crippen molar-refractivity contribution in [1.29, 1.82) is 0 Å². The molecule has 7 nitrogen and oxygen atoms in total. The minimum absolute atomic E-state index is 0.0476. The van der Waals surface area contributed by atoms with E-state index in [-0.39, 0.29) is 12.5 Å². The molecule has 0 N–H and O–H groups in total. The first-order valence-electron chi connectivity index (χ1n) is 15.1. The molecule has 1 aromatic heterocycles. The molecule has 2 aliphatic heterocycles. The maximum absolute atomic E-state index is 13.3. The van der Waals surface area contributed by atoms with Gasteiger partial charge in [-0.3, -0.25) is 9.69 Å². The molecule has 2 saturated heterocycles. The van der Waals surface area contributed by atoms with Crippen LogP contribution in [-0.4, -0.2) is 71.6 Å². The van der Waals surface area contributed by atoms with Crippen molar-refractivity contribution in [2.75, 3.05) is 50.8 Å². The summed E-state index contributed by atoms with van der Waals surface area (Å²) in [7, 11) is 0. The van der Waals surface area contributed by atoms with Crippen molar-refractivity contribution in [3.05, 3.63) is 108 Å². The highest BCUT2D eigenvalue weighted by molar-refractivity contribution is 5.78. The summed E-state index contributed by atoms with van der Waals surface area (Å²) < 4.78 is 6.26. The highest BCUT2D eigenvalue weighted by Crippen LogP contribution is 2.29. The molecule has 0 spiro atoms. The zero-order chi connectivity index (χ0) is 28.6. The lowest BCUT2D eigenvalue weighted by atomic mass is 9.92. The van der Waals surface area contributed by atoms with Gasteiger partial charge in [-0.2, -0.15) is 0 Å². The van der Waals surface area contributed by atoms with Crippen LogP contribution in [0.1, 0.15) is 36.3 Å². The fourth-order valence-electron chi connectivity index (χ4n) is 6.11. The minimum atomic E-state index is 0.0476. The predicted octanol–water partition coefficient (Wildman–Crippen LogP) is 5.64. The standard InChI is InChI=1S/C35H39N5O2/c41-34(40-19-7-11-29(16-20-40)28-9-3-1-4-10-28)27-42-33-15-14-30(35-36-17-8-18-37-35)25-31(33)26-38-21-23-39(24-22-38)32-12-5-2-6-13-32/h1-6,8-10,12-15,17-18,25,29H,7,11,16,19-24,26-27H2/t29-/m1/s1. The Bertz CT molecular complexity index is 1430. The minimum Gasteiger partial charge on any atom is -0.483 e. The lowest BCUT2D eigenvalue weighted by Gasteiger charge is -2.36. The quantitative estimate of drug-likeness (QED) is 0.278. The van der Waals surface area contributed by atoms with Gasteiger partial charge in [-0.05, 0) is 67.1 Å². The summed E-state index contributed by atoms with van der Waals surface area (Å²) in [6.45, 7) is 6.20. The molecule has 1 atom stereocenters. The van der Waals surface area contributed by atoms with E-state index >= 15 is 0 Å². The molecule has 0 unspecified atom stereocenters. The van der Waals surface area contributed by atoms with Crippen molar-refractivity contribution in [3.63, 3.8) is 0 Å². The third kappa shape index (κ3) is 6.97. The molecule has 2 aliphatic rings. The molecule has 1 amide bonds. The average molecular weight is 562 g/mol. The summed E-state index contributed by atoms with van der Waals surface area (Å²) in [6.07, 6.45) is 6.63.